The van der Waals surface area contributed by atoms with Crippen LogP contribution in [0.1, 0.15) is 0 Å². The Labute approximate surface area is 66.7 Å². The van der Waals surface area contributed by atoms with Crippen LogP contribution < -0.4 is 0 Å². The SMILES string of the molecule is [Fe].[Fe].[Ni].[Ni]. The van der Waals surface area contributed by atoms with Gasteiger partial charge in [-0.25, -0.2) is 0 Å². The summed E-state index contributed by atoms with van der Waals surface area (Å²) in [5, 5.41) is 0. The summed E-state index contributed by atoms with van der Waals surface area (Å²) in [5.74, 6) is 0. The average Bonchev–Trinajstić information content (AvgIpc) is 0. The smallest absolute Gasteiger partial charge is 0 e. The van der Waals surface area contributed by atoms with Crippen molar-refractivity contribution in [3.8, 4) is 0 Å². The largest absolute Gasteiger partial charge is 0 e. The summed E-state index contributed by atoms with van der Waals surface area (Å²) in [6, 6.07) is 0. The molecule has 0 heterocycles. The Morgan fingerprint density at radius 2 is 0.500 bits per heavy atom. The molecule has 0 spiro atoms. The molecule has 0 bridgehead atoms. The van der Waals surface area contributed by atoms with Crippen molar-refractivity contribution in [2.24, 2.45) is 0 Å². The summed E-state index contributed by atoms with van der Waals surface area (Å²) in [4.78, 5) is 0. The third kappa shape index (κ3) is 8.98. The fourth-order valence-electron chi connectivity index (χ4n) is 0. The van der Waals surface area contributed by atoms with Crippen molar-refractivity contribution in [2.75, 3.05) is 0 Å². The Kier molecular flexibility index (Phi) is 184. The molecule has 0 saturated heterocycles. The monoisotopic (exact) mass is 228 g/mol. The molecular weight excluding hydrogens is 229 g/mol. The van der Waals surface area contributed by atoms with Gasteiger partial charge in [-0.05, 0) is 0 Å². The van der Waals surface area contributed by atoms with Gasteiger partial charge in [0.2, 0.25) is 0 Å². The van der Waals surface area contributed by atoms with E-state index in [1.54, 1.807) is 0 Å². The topological polar surface area (TPSA) is 0 Å². The molecule has 0 nitrogen and oxygen atoms in total. The standard InChI is InChI=1S/2Fe.2Ni. The van der Waals surface area contributed by atoms with Crippen molar-refractivity contribution < 1.29 is 67.1 Å². The molecule has 4 heteroatoms. The van der Waals surface area contributed by atoms with Gasteiger partial charge in [0.05, 0.1) is 0 Å². The van der Waals surface area contributed by atoms with E-state index in [0.29, 0.717) is 0 Å². The van der Waals surface area contributed by atoms with Gasteiger partial charge in [0.1, 0.15) is 0 Å². The molecule has 0 aromatic rings. The van der Waals surface area contributed by atoms with E-state index in [0.717, 1.165) is 0 Å². The number of rotatable bonds is 0. The molecule has 0 aliphatic rings. The van der Waals surface area contributed by atoms with E-state index in [9.17, 15) is 0 Å². The van der Waals surface area contributed by atoms with Crippen LogP contribution in [0.2, 0.25) is 0 Å². The second-order valence-corrected chi connectivity index (χ2v) is 0. The first-order valence-electron chi connectivity index (χ1n) is 0. The molecule has 0 aromatic heterocycles. The Bertz CT molecular complexity index is 4.00. The van der Waals surface area contributed by atoms with Crippen LogP contribution in [0.5, 0.6) is 0 Å². The van der Waals surface area contributed by atoms with Crippen LogP contribution in [0.4, 0.5) is 0 Å². The Morgan fingerprint density at radius 3 is 0.500 bits per heavy atom. The fourth-order valence-corrected chi connectivity index (χ4v) is 0. The maximum atomic E-state index is 0. The zero-order chi connectivity index (χ0) is 0. The van der Waals surface area contributed by atoms with Crippen molar-refractivity contribution in [2.45, 2.75) is 0 Å². The molecule has 36 valence electrons. The first-order chi connectivity index (χ1) is 0. The first kappa shape index (κ1) is 37.1. The molecule has 0 aliphatic carbocycles. The van der Waals surface area contributed by atoms with Crippen molar-refractivity contribution in [3.05, 3.63) is 0 Å². The van der Waals surface area contributed by atoms with Gasteiger partial charge in [-0.2, -0.15) is 0 Å². The van der Waals surface area contributed by atoms with Gasteiger partial charge < -0.3 is 0 Å². The van der Waals surface area contributed by atoms with Gasteiger partial charge in [0.25, 0.3) is 0 Å². The molecule has 0 radical (unpaired) electrons. The van der Waals surface area contributed by atoms with Gasteiger partial charge in [-0.3, -0.25) is 0 Å². The second-order valence-electron chi connectivity index (χ2n) is 0. The van der Waals surface area contributed by atoms with Crippen LogP contribution in [-0.4, -0.2) is 0 Å². The van der Waals surface area contributed by atoms with Gasteiger partial charge in [0.15, 0.2) is 0 Å². The van der Waals surface area contributed by atoms with E-state index < -0.39 is 0 Å². The van der Waals surface area contributed by atoms with E-state index in [1.165, 1.54) is 0 Å². The van der Waals surface area contributed by atoms with Crippen LogP contribution >= 0.6 is 0 Å². The van der Waals surface area contributed by atoms with E-state index in [1.807, 2.05) is 0 Å². The van der Waals surface area contributed by atoms with E-state index in [-0.39, 0.29) is 67.1 Å². The zero-order valence-corrected chi connectivity index (χ0v) is 5.52. The van der Waals surface area contributed by atoms with Crippen LogP contribution in [-0.2, 0) is 67.1 Å². The van der Waals surface area contributed by atoms with Gasteiger partial charge in [-0.15, -0.1) is 0 Å². The van der Waals surface area contributed by atoms with Crippen LogP contribution in [0.3, 0.4) is 0 Å². The minimum absolute atomic E-state index is 0. The predicted molar refractivity (Wildman–Crippen MR) is 0 cm³/mol. The molecule has 0 saturated carbocycles. The molecule has 0 N–H and O–H groups in total. The summed E-state index contributed by atoms with van der Waals surface area (Å²) in [5.41, 5.74) is 0. The van der Waals surface area contributed by atoms with Crippen molar-refractivity contribution in [3.63, 3.8) is 0 Å². The van der Waals surface area contributed by atoms with Gasteiger partial charge in [-0.1, -0.05) is 0 Å². The fraction of sp³-hybridized carbons (Fsp3) is 0. The summed E-state index contributed by atoms with van der Waals surface area (Å²) in [7, 11) is 0. The molecule has 0 unspecified atom stereocenters. The molecule has 0 aliphatic heterocycles. The molecule has 4 heavy (non-hydrogen) atoms. The number of hydrogen-bond acceptors (Lipinski definition) is 0. The Morgan fingerprint density at radius 1 is 0.500 bits per heavy atom. The van der Waals surface area contributed by atoms with E-state index in [2.05, 4.69) is 0 Å². The summed E-state index contributed by atoms with van der Waals surface area (Å²) >= 11 is 0. The molecule has 0 atom stereocenters. The van der Waals surface area contributed by atoms with Crippen LogP contribution in [0.15, 0.2) is 0 Å². The normalized spacial score (nSPS) is 0. The van der Waals surface area contributed by atoms with E-state index in [4.69, 9.17) is 0 Å². The van der Waals surface area contributed by atoms with Crippen molar-refractivity contribution >= 4 is 0 Å². The third-order valence-electron chi connectivity index (χ3n) is 0. The average molecular weight is 229 g/mol. The van der Waals surface area contributed by atoms with Gasteiger partial charge >= 0.3 is 0 Å². The molecular formula is Fe2Ni2. The second kappa shape index (κ2) is 19.8. The van der Waals surface area contributed by atoms with Crippen molar-refractivity contribution in [1.82, 2.24) is 0 Å². The number of hydrogen-bond donors (Lipinski definition) is 0. The van der Waals surface area contributed by atoms with Crippen molar-refractivity contribution in [1.29, 1.82) is 0 Å². The Balaban J connectivity index is 0. The molecule has 0 aromatic carbocycles. The molecule has 0 rings (SSSR count). The van der Waals surface area contributed by atoms with Crippen LogP contribution in [0.25, 0.3) is 0 Å². The Hall–Kier alpha value is 2.03. The molecule has 0 amide bonds. The van der Waals surface area contributed by atoms with E-state index >= 15 is 0 Å². The first-order valence-corrected chi connectivity index (χ1v) is 0. The summed E-state index contributed by atoms with van der Waals surface area (Å²) in [6.07, 6.45) is 0. The minimum Gasteiger partial charge on any atom is 0 e. The summed E-state index contributed by atoms with van der Waals surface area (Å²) in [6.45, 7) is 0. The quantitative estimate of drug-likeness (QED) is 0.512. The third-order valence-corrected chi connectivity index (χ3v) is 0. The van der Waals surface area contributed by atoms with Gasteiger partial charge in [0, 0.05) is 67.1 Å². The minimum atomic E-state index is 0. The maximum Gasteiger partial charge on any atom is 0 e. The van der Waals surface area contributed by atoms with Crippen LogP contribution in [0, 0.1) is 0 Å². The predicted octanol–water partition coefficient (Wildman–Crippen LogP) is -0.0100. The zero-order valence-electron chi connectivity index (χ0n) is 1.34. The maximum absolute atomic E-state index is 0. The molecule has 0 fully saturated rings. The summed E-state index contributed by atoms with van der Waals surface area (Å²) < 4.78 is 0.